The van der Waals surface area contributed by atoms with Crippen LogP contribution in [0, 0.1) is 11.3 Å². The molecule has 0 aromatic rings. The molecule has 2 nitrogen and oxygen atoms in total. The maximum atomic E-state index is 12.3. The minimum Gasteiger partial charge on any atom is -0.465 e. The third kappa shape index (κ3) is 6.95. The molecule has 0 aromatic carbocycles. The van der Waals surface area contributed by atoms with Crippen LogP contribution in [0.25, 0.3) is 0 Å². The van der Waals surface area contributed by atoms with Crippen LogP contribution in [0.2, 0.25) is 25.7 Å². The summed E-state index contributed by atoms with van der Waals surface area (Å²) in [6, 6.07) is 1.21. The summed E-state index contributed by atoms with van der Waals surface area (Å²) in [6.07, 6.45) is 3.03. The van der Waals surface area contributed by atoms with Crippen LogP contribution in [0.1, 0.15) is 41.0 Å². The number of hydrogen-bond acceptors (Lipinski definition) is 2. The van der Waals surface area contributed by atoms with Gasteiger partial charge in [0.1, 0.15) is 0 Å². The molecule has 0 aliphatic rings. The molecule has 0 aliphatic heterocycles. The largest absolute Gasteiger partial charge is 0.465 e. The standard InChI is InChI=1S/C16H32O2Si/c1-13(2)12-16(5,14(3)4)15(17)18-10-9-11-19(6,7)8/h12,14H,9-11H2,1-8H3. The van der Waals surface area contributed by atoms with Crippen LogP contribution < -0.4 is 0 Å². The molecule has 0 amide bonds. The zero-order valence-electron chi connectivity index (χ0n) is 14.1. The molecule has 1 atom stereocenters. The fourth-order valence-corrected chi connectivity index (χ4v) is 3.19. The Kier molecular flexibility index (Phi) is 7.05. The van der Waals surface area contributed by atoms with Crippen LogP contribution >= 0.6 is 0 Å². The van der Waals surface area contributed by atoms with Gasteiger partial charge < -0.3 is 4.74 Å². The van der Waals surface area contributed by atoms with Gasteiger partial charge in [-0.05, 0) is 33.1 Å². The summed E-state index contributed by atoms with van der Waals surface area (Å²) >= 11 is 0. The Hall–Kier alpha value is -0.573. The molecule has 0 rings (SSSR count). The lowest BCUT2D eigenvalue weighted by Gasteiger charge is -2.29. The first kappa shape index (κ1) is 18.4. The van der Waals surface area contributed by atoms with Gasteiger partial charge in [-0.15, -0.1) is 0 Å². The van der Waals surface area contributed by atoms with Crippen molar-refractivity contribution in [1.29, 1.82) is 0 Å². The molecular weight excluding hydrogens is 252 g/mol. The van der Waals surface area contributed by atoms with Crippen LogP contribution in [-0.2, 0) is 9.53 Å². The first-order chi connectivity index (χ1) is 8.49. The Bertz CT molecular complexity index is 322. The van der Waals surface area contributed by atoms with Crippen molar-refractivity contribution in [3.8, 4) is 0 Å². The third-order valence-corrected chi connectivity index (χ3v) is 5.39. The Morgan fingerprint density at radius 1 is 1.26 bits per heavy atom. The first-order valence-electron chi connectivity index (χ1n) is 7.32. The number of allylic oxidation sites excluding steroid dienone is 1. The fourth-order valence-electron chi connectivity index (χ4n) is 1.98. The fraction of sp³-hybridized carbons (Fsp3) is 0.812. The van der Waals surface area contributed by atoms with Gasteiger partial charge in [0.15, 0.2) is 0 Å². The second-order valence-electron chi connectivity index (χ2n) is 7.46. The molecule has 0 spiro atoms. The van der Waals surface area contributed by atoms with Gasteiger partial charge in [0.05, 0.1) is 12.0 Å². The number of carbonyl (C=O) groups excluding carboxylic acids is 1. The Morgan fingerprint density at radius 3 is 2.16 bits per heavy atom. The molecule has 112 valence electrons. The van der Waals surface area contributed by atoms with E-state index in [9.17, 15) is 4.79 Å². The predicted octanol–water partition coefficient (Wildman–Crippen LogP) is 4.89. The van der Waals surface area contributed by atoms with E-state index in [0.717, 1.165) is 12.0 Å². The van der Waals surface area contributed by atoms with E-state index >= 15 is 0 Å². The lowest BCUT2D eigenvalue weighted by Crippen LogP contribution is -2.34. The van der Waals surface area contributed by atoms with Crippen LogP contribution in [0.4, 0.5) is 0 Å². The highest BCUT2D eigenvalue weighted by molar-refractivity contribution is 6.76. The summed E-state index contributed by atoms with van der Waals surface area (Å²) in [5.41, 5.74) is 0.660. The quantitative estimate of drug-likeness (QED) is 0.288. The molecule has 3 heteroatoms. The summed E-state index contributed by atoms with van der Waals surface area (Å²) < 4.78 is 5.50. The summed E-state index contributed by atoms with van der Waals surface area (Å²) in [7, 11) is -1.03. The third-order valence-electron chi connectivity index (χ3n) is 3.53. The lowest BCUT2D eigenvalue weighted by molar-refractivity contribution is -0.154. The monoisotopic (exact) mass is 284 g/mol. The maximum Gasteiger partial charge on any atom is 0.315 e. The summed E-state index contributed by atoms with van der Waals surface area (Å²) in [4.78, 5) is 12.3. The Balaban J connectivity index is 4.49. The highest BCUT2D eigenvalue weighted by atomic mass is 28.3. The van der Waals surface area contributed by atoms with Crippen LogP contribution in [0.5, 0.6) is 0 Å². The van der Waals surface area contributed by atoms with E-state index in [1.54, 1.807) is 0 Å². The minimum atomic E-state index is -1.03. The summed E-state index contributed by atoms with van der Waals surface area (Å²) in [5, 5.41) is 0. The van der Waals surface area contributed by atoms with Gasteiger partial charge in [-0.1, -0.05) is 51.2 Å². The van der Waals surface area contributed by atoms with E-state index in [1.165, 1.54) is 6.04 Å². The van der Waals surface area contributed by atoms with E-state index in [1.807, 2.05) is 26.8 Å². The number of ether oxygens (including phenoxy) is 1. The molecule has 0 saturated heterocycles. The first-order valence-corrected chi connectivity index (χ1v) is 11.0. The average molecular weight is 285 g/mol. The zero-order chi connectivity index (χ0) is 15.3. The van der Waals surface area contributed by atoms with Crippen molar-refractivity contribution in [3.05, 3.63) is 11.6 Å². The maximum absolute atomic E-state index is 12.3. The number of esters is 1. The molecule has 0 aliphatic carbocycles. The van der Waals surface area contributed by atoms with Crippen LogP contribution in [0.3, 0.4) is 0 Å². The molecule has 19 heavy (non-hydrogen) atoms. The van der Waals surface area contributed by atoms with Crippen LogP contribution in [-0.4, -0.2) is 20.7 Å². The highest BCUT2D eigenvalue weighted by Crippen LogP contribution is 2.31. The van der Waals surface area contributed by atoms with E-state index in [-0.39, 0.29) is 11.9 Å². The van der Waals surface area contributed by atoms with Gasteiger partial charge >= 0.3 is 5.97 Å². The van der Waals surface area contributed by atoms with Gasteiger partial charge in [0, 0.05) is 8.07 Å². The van der Waals surface area contributed by atoms with Crippen molar-refractivity contribution >= 4 is 14.0 Å². The van der Waals surface area contributed by atoms with Gasteiger partial charge in [0.2, 0.25) is 0 Å². The lowest BCUT2D eigenvalue weighted by atomic mass is 9.78. The Labute approximate surface area is 120 Å². The van der Waals surface area contributed by atoms with Crippen molar-refractivity contribution in [2.24, 2.45) is 11.3 Å². The van der Waals surface area contributed by atoms with Crippen molar-refractivity contribution in [2.45, 2.75) is 66.7 Å². The van der Waals surface area contributed by atoms with E-state index < -0.39 is 13.5 Å². The van der Waals surface area contributed by atoms with Crippen molar-refractivity contribution in [3.63, 3.8) is 0 Å². The summed E-state index contributed by atoms with van der Waals surface area (Å²) in [6.45, 7) is 17.8. The normalized spacial score (nSPS) is 15.0. The molecule has 0 radical (unpaired) electrons. The van der Waals surface area contributed by atoms with E-state index in [4.69, 9.17) is 4.74 Å². The average Bonchev–Trinajstić information content (AvgIpc) is 2.21. The van der Waals surface area contributed by atoms with Gasteiger partial charge in [0.25, 0.3) is 0 Å². The number of carbonyl (C=O) groups is 1. The second kappa shape index (κ2) is 7.27. The topological polar surface area (TPSA) is 26.3 Å². The van der Waals surface area contributed by atoms with E-state index in [0.29, 0.717) is 6.61 Å². The summed E-state index contributed by atoms with van der Waals surface area (Å²) in [5.74, 6) is 0.158. The molecular formula is C16H32O2Si. The molecule has 0 fully saturated rings. The smallest absolute Gasteiger partial charge is 0.315 e. The second-order valence-corrected chi connectivity index (χ2v) is 13.1. The molecule has 1 unspecified atom stereocenters. The molecule has 0 aromatic heterocycles. The van der Waals surface area contributed by atoms with E-state index in [2.05, 4.69) is 33.5 Å². The Morgan fingerprint density at radius 2 is 1.79 bits per heavy atom. The molecule has 0 bridgehead atoms. The zero-order valence-corrected chi connectivity index (χ0v) is 15.1. The van der Waals surface area contributed by atoms with Gasteiger partial charge in [-0.25, -0.2) is 0 Å². The molecule has 0 heterocycles. The van der Waals surface area contributed by atoms with Crippen LogP contribution in [0.15, 0.2) is 11.6 Å². The van der Waals surface area contributed by atoms with Crippen molar-refractivity contribution in [1.82, 2.24) is 0 Å². The SMILES string of the molecule is CC(C)=CC(C)(C(=O)OCCC[Si](C)(C)C)C(C)C. The van der Waals surface area contributed by atoms with Gasteiger partial charge in [-0.3, -0.25) is 4.79 Å². The van der Waals surface area contributed by atoms with Crippen molar-refractivity contribution < 1.29 is 9.53 Å². The molecule has 0 N–H and O–H groups in total. The predicted molar refractivity (Wildman–Crippen MR) is 86.1 cm³/mol. The van der Waals surface area contributed by atoms with Gasteiger partial charge in [-0.2, -0.15) is 0 Å². The minimum absolute atomic E-state index is 0.0840. The van der Waals surface area contributed by atoms with Crippen molar-refractivity contribution in [2.75, 3.05) is 6.61 Å². The number of hydrogen-bond donors (Lipinski definition) is 0. The molecule has 0 saturated carbocycles. The highest BCUT2D eigenvalue weighted by Gasteiger charge is 2.35. The number of rotatable bonds is 7.